The molecule has 2 N–H and O–H groups in total. The van der Waals surface area contributed by atoms with Crippen molar-refractivity contribution in [1.82, 2.24) is 4.72 Å². The molecule has 0 heterocycles. The third-order valence-electron chi connectivity index (χ3n) is 3.64. The highest BCUT2D eigenvalue weighted by molar-refractivity contribution is 9.10. The lowest BCUT2D eigenvalue weighted by molar-refractivity contribution is 0.281. The van der Waals surface area contributed by atoms with Crippen LogP contribution in [0.2, 0.25) is 0 Å². The van der Waals surface area contributed by atoms with Crippen molar-refractivity contribution in [3.8, 4) is 0 Å². The fraction of sp³-hybridized carbons (Fsp3) is 0.538. The van der Waals surface area contributed by atoms with E-state index in [1.54, 1.807) is 12.1 Å². The zero-order chi connectivity index (χ0) is 14.0. The van der Waals surface area contributed by atoms with Crippen LogP contribution in [-0.2, 0) is 16.6 Å². The highest BCUT2D eigenvalue weighted by Crippen LogP contribution is 2.28. The summed E-state index contributed by atoms with van der Waals surface area (Å²) in [6.07, 6.45) is 3.03. The lowest BCUT2D eigenvalue weighted by atomic mass is 10.1. The van der Waals surface area contributed by atoms with Crippen LogP contribution >= 0.6 is 15.9 Å². The SMILES string of the molecule is CC1CCCC1NS(=O)(=O)c1ccc(CO)cc1Br. The molecule has 0 aliphatic heterocycles. The maximum absolute atomic E-state index is 12.4. The molecule has 6 heteroatoms. The van der Waals surface area contributed by atoms with E-state index in [0.717, 1.165) is 19.3 Å². The Morgan fingerprint density at radius 2 is 2.16 bits per heavy atom. The highest BCUT2D eigenvalue weighted by Gasteiger charge is 2.29. The Hall–Kier alpha value is -0.430. The largest absolute Gasteiger partial charge is 0.392 e. The van der Waals surface area contributed by atoms with Gasteiger partial charge in [0, 0.05) is 10.5 Å². The second-order valence-corrected chi connectivity index (χ2v) is 7.60. The molecule has 1 aliphatic carbocycles. The van der Waals surface area contributed by atoms with Crippen molar-refractivity contribution in [2.45, 2.75) is 43.7 Å². The second kappa shape index (κ2) is 5.91. The van der Waals surface area contributed by atoms with Crippen molar-refractivity contribution in [3.05, 3.63) is 28.2 Å². The molecule has 0 saturated heterocycles. The van der Waals surface area contributed by atoms with Crippen molar-refractivity contribution < 1.29 is 13.5 Å². The quantitative estimate of drug-likeness (QED) is 0.878. The number of rotatable bonds is 4. The summed E-state index contributed by atoms with van der Waals surface area (Å²) in [6.45, 7) is 1.97. The van der Waals surface area contributed by atoms with Gasteiger partial charge in [-0.05, 0) is 52.4 Å². The van der Waals surface area contributed by atoms with Crippen LogP contribution in [0, 0.1) is 5.92 Å². The normalized spacial score (nSPS) is 23.7. The van der Waals surface area contributed by atoms with Gasteiger partial charge >= 0.3 is 0 Å². The summed E-state index contributed by atoms with van der Waals surface area (Å²) >= 11 is 3.26. The summed E-state index contributed by atoms with van der Waals surface area (Å²) in [7, 11) is -3.51. The molecule has 1 aliphatic rings. The second-order valence-electron chi connectivity index (χ2n) is 5.06. The fourth-order valence-corrected chi connectivity index (χ4v) is 4.95. The number of hydrogen-bond acceptors (Lipinski definition) is 3. The monoisotopic (exact) mass is 347 g/mol. The first-order chi connectivity index (χ1) is 8.94. The third-order valence-corrected chi connectivity index (χ3v) is 6.10. The highest BCUT2D eigenvalue weighted by atomic mass is 79.9. The van der Waals surface area contributed by atoms with E-state index >= 15 is 0 Å². The van der Waals surface area contributed by atoms with Crippen molar-refractivity contribution in [2.24, 2.45) is 5.92 Å². The number of hydrogen-bond donors (Lipinski definition) is 2. The van der Waals surface area contributed by atoms with Crippen LogP contribution in [0.15, 0.2) is 27.6 Å². The Balaban J connectivity index is 2.24. The number of aliphatic hydroxyl groups excluding tert-OH is 1. The Morgan fingerprint density at radius 3 is 2.68 bits per heavy atom. The molecule has 0 radical (unpaired) electrons. The van der Waals surface area contributed by atoms with Gasteiger partial charge in [0.15, 0.2) is 0 Å². The third kappa shape index (κ3) is 3.37. The first-order valence-electron chi connectivity index (χ1n) is 6.35. The Labute approximate surface area is 122 Å². The van der Waals surface area contributed by atoms with Gasteiger partial charge in [-0.1, -0.05) is 19.4 Å². The van der Waals surface area contributed by atoms with Gasteiger partial charge in [0.25, 0.3) is 0 Å². The zero-order valence-electron chi connectivity index (χ0n) is 10.8. The van der Waals surface area contributed by atoms with Gasteiger partial charge in [0.05, 0.1) is 11.5 Å². The van der Waals surface area contributed by atoms with Crippen LogP contribution < -0.4 is 4.72 Å². The lowest BCUT2D eigenvalue weighted by Gasteiger charge is -2.18. The van der Waals surface area contributed by atoms with Gasteiger partial charge in [-0.3, -0.25) is 0 Å². The molecule has 1 fully saturated rings. The molecular formula is C13H18BrNO3S. The molecule has 0 spiro atoms. The number of nitrogens with one attached hydrogen (secondary N) is 1. The maximum Gasteiger partial charge on any atom is 0.241 e. The molecule has 2 atom stereocenters. The Bertz CT molecular complexity index is 559. The van der Waals surface area contributed by atoms with E-state index in [0.29, 0.717) is 16.0 Å². The van der Waals surface area contributed by atoms with Gasteiger partial charge in [-0.15, -0.1) is 0 Å². The first-order valence-corrected chi connectivity index (χ1v) is 8.63. The van der Waals surface area contributed by atoms with E-state index in [1.807, 2.05) is 0 Å². The van der Waals surface area contributed by atoms with E-state index in [-0.39, 0.29) is 17.5 Å². The number of halogens is 1. The fourth-order valence-electron chi connectivity index (χ4n) is 2.44. The Morgan fingerprint density at radius 1 is 1.42 bits per heavy atom. The van der Waals surface area contributed by atoms with Crippen molar-refractivity contribution >= 4 is 26.0 Å². The van der Waals surface area contributed by atoms with E-state index in [4.69, 9.17) is 5.11 Å². The first kappa shape index (κ1) is 15.0. The minimum absolute atomic E-state index is 0.0226. The van der Waals surface area contributed by atoms with Crippen LogP contribution in [0.25, 0.3) is 0 Å². The topological polar surface area (TPSA) is 66.4 Å². The summed E-state index contributed by atoms with van der Waals surface area (Å²) in [5.74, 6) is 0.380. The van der Waals surface area contributed by atoms with Crippen molar-refractivity contribution in [2.75, 3.05) is 0 Å². The van der Waals surface area contributed by atoms with Gasteiger partial charge < -0.3 is 5.11 Å². The van der Waals surface area contributed by atoms with Crippen LogP contribution in [0.5, 0.6) is 0 Å². The Kier molecular flexibility index (Phi) is 4.66. The average molecular weight is 348 g/mol. The molecule has 1 aromatic rings. The maximum atomic E-state index is 12.4. The zero-order valence-corrected chi connectivity index (χ0v) is 13.2. The summed E-state index contributed by atoms with van der Waals surface area (Å²) in [6, 6.07) is 4.80. The van der Waals surface area contributed by atoms with Gasteiger partial charge in [-0.2, -0.15) is 0 Å². The predicted octanol–water partition coefficient (Wildman–Crippen LogP) is 2.41. The molecule has 2 unspecified atom stereocenters. The van der Waals surface area contributed by atoms with Gasteiger partial charge in [-0.25, -0.2) is 13.1 Å². The van der Waals surface area contributed by atoms with Crippen molar-refractivity contribution in [3.63, 3.8) is 0 Å². The summed E-state index contributed by atoms with van der Waals surface area (Å²) in [5, 5.41) is 9.03. The molecule has 1 saturated carbocycles. The van der Waals surface area contributed by atoms with E-state index in [9.17, 15) is 8.42 Å². The molecule has 106 valence electrons. The average Bonchev–Trinajstić information content (AvgIpc) is 2.73. The van der Waals surface area contributed by atoms with E-state index in [2.05, 4.69) is 27.6 Å². The summed E-state index contributed by atoms with van der Waals surface area (Å²) in [5.41, 5.74) is 0.681. The molecule has 2 rings (SSSR count). The summed E-state index contributed by atoms with van der Waals surface area (Å²) in [4.78, 5) is 0.226. The summed E-state index contributed by atoms with van der Waals surface area (Å²) < 4.78 is 28.0. The molecule has 1 aromatic carbocycles. The van der Waals surface area contributed by atoms with Crippen molar-refractivity contribution in [1.29, 1.82) is 0 Å². The van der Waals surface area contributed by atoms with Crippen LogP contribution in [0.3, 0.4) is 0 Å². The van der Waals surface area contributed by atoms with E-state index in [1.165, 1.54) is 6.07 Å². The van der Waals surface area contributed by atoms with Crippen LogP contribution in [0.1, 0.15) is 31.7 Å². The number of sulfonamides is 1. The lowest BCUT2D eigenvalue weighted by Crippen LogP contribution is -2.36. The van der Waals surface area contributed by atoms with Gasteiger partial charge in [0.1, 0.15) is 0 Å². The molecule has 0 bridgehead atoms. The minimum Gasteiger partial charge on any atom is -0.392 e. The number of aliphatic hydroxyl groups is 1. The van der Waals surface area contributed by atoms with Gasteiger partial charge in [0.2, 0.25) is 10.0 Å². The van der Waals surface area contributed by atoms with Crippen LogP contribution in [0.4, 0.5) is 0 Å². The molecule has 0 amide bonds. The van der Waals surface area contributed by atoms with E-state index < -0.39 is 10.0 Å². The molecule has 19 heavy (non-hydrogen) atoms. The molecular weight excluding hydrogens is 330 g/mol. The van der Waals surface area contributed by atoms with Crippen LogP contribution in [-0.4, -0.2) is 19.6 Å². The predicted molar refractivity (Wildman–Crippen MR) is 77.2 cm³/mol. The molecule has 0 aromatic heterocycles. The number of benzene rings is 1. The standard InChI is InChI=1S/C13H18BrNO3S/c1-9-3-2-4-12(9)15-19(17,18)13-6-5-10(8-16)7-11(13)14/h5-7,9,12,15-16H,2-4,8H2,1H3. The smallest absolute Gasteiger partial charge is 0.241 e. The minimum atomic E-state index is -3.51. The molecule has 4 nitrogen and oxygen atoms in total.